The van der Waals surface area contributed by atoms with Gasteiger partial charge in [-0.3, -0.25) is 0 Å². The fraction of sp³-hybridized carbons (Fsp3) is 0.647. The molecule has 23 heavy (non-hydrogen) atoms. The van der Waals surface area contributed by atoms with Crippen molar-refractivity contribution in [3.05, 3.63) is 23.9 Å². The summed E-state index contributed by atoms with van der Waals surface area (Å²) in [5.41, 5.74) is 1.09. The van der Waals surface area contributed by atoms with Crippen LogP contribution in [0.5, 0.6) is 5.88 Å². The molecule has 0 saturated heterocycles. The molecule has 0 saturated carbocycles. The van der Waals surface area contributed by atoms with Crippen molar-refractivity contribution in [3.63, 3.8) is 0 Å². The lowest BCUT2D eigenvalue weighted by molar-refractivity contribution is 0.397. The highest BCUT2D eigenvalue weighted by molar-refractivity contribution is 14.0. The minimum absolute atomic E-state index is 0. The highest BCUT2D eigenvalue weighted by Crippen LogP contribution is 2.09. The third-order valence-electron chi connectivity index (χ3n) is 3.40. The quantitative estimate of drug-likeness (QED) is 0.269. The van der Waals surface area contributed by atoms with Crippen molar-refractivity contribution in [3.8, 4) is 5.88 Å². The SMILES string of the molecule is CCCCCC(C)NC(=NCc1ccnc(OC)c1)NCC.I. The number of nitrogens with one attached hydrogen (secondary N) is 2. The molecule has 132 valence electrons. The Balaban J connectivity index is 0.00000484. The van der Waals surface area contributed by atoms with Gasteiger partial charge in [0, 0.05) is 24.8 Å². The molecule has 5 nitrogen and oxygen atoms in total. The minimum Gasteiger partial charge on any atom is -0.481 e. The monoisotopic (exact) mass is 434 g/mol. The second-order valence-electron chi connectivity index (χ2n) is 5.44. The zero-order valence-corrected chi connectivity index (χ0v) is 17.1. The first-order chi connectivity index (χ1) is 10.7. The van der Waals surface area contributed by atoms with Crippen molar-refractivity contribution in [1.29, 1.82) is 0 Å². The van der Waals surface area contributed by atoms with Crippen molar-refractivity contribution in [2.45, 2.75) is 59.0 Å². The average molecular weight is 434 g/mol. The van der Waals surface area contributed by atoms with Gasteiger partial charge in [-0.05, 0) is 31.9 Å². The van der Waals surface area contributed by atoms with Crippen LogP contribution in [0.3, 0.4) is 0 Å². The molecule has 0 bridgehead atoms. The van der Waals surface area contributed by atoms with Gasteiger partial charge in [0.25, 0.3) is 0 Å². The number of rotatable bonds is 9. The molecule has 1 aromatic rings. The maximum atomic E-state index is 5.14. The zero-order chi connectivity index (χ0) is 16.2. The van der Waals surface area contributed by atoms with E-state index < -0.39 is 0 Å². The van der Waals surface area contributed by atoms with E-state index in [1.807, 2.05) is 12.1 Å². The van der Waals surface area contributed by atoms with Crippen LogP contribution in [0.25, 0.3) is 0 Å². The van der Waals surface area contributed by atoms with Gasteiger partial charge in [0.1, 0.15) is 0 Å². The predicted molar refractivity (Wildman–Crippen MR) is 108 cm³/mol. The van der Waals surface area contributed by atoms with Crippen molar-refractivity contribution in [2.24, 2.45) is 4.99 Å². The fourth-order valence-corrected chi connectivity index (χ4v) is 2.16. The Morgan fingerprint density at radius 2 is 2.13 bits per heavy atom. The largest absolute Gasteiger partial charge is 0.481 e. The Labute approximate surface area is 157 Å². The number of hydrogen-bond acceptors (Lipinski definition) is 3. The molecular weight excluding hydrogens is 403 g/mol. The second-order valence-corrected chi connectivity index (χ2v) is 5.44. The van der Waals surface area contributed by atoms with Crippen molar-refractivity contribution >= 4 is 29.9 Å². The summed E-state index contributed by atoms with van der Waals surface area (Å²) in [6.07, 6.45) is 6.71. The minimum atomic E-state index is 0. The van der Waals surface area contributed by atoms with Crippen molar-refractivity contribution in [1.82, 2.24) is 15.6 Å². The molecule has 1 aromatic heterocycles. The molecule has 2 N–H and O–H groups in total. The van der Waals surface area contributed by atoms with Crippen molar-refractivity contribution < 1.29 is 4.74 Å². The number of aromatic nitrogens is 1. The Morgan fingerprint density at radius 1 is 1.35 bits per heavy atom. The Kier molecular flexibility index (Phi) is 12.8. The van der Waals surface area contributed by atoms with Crippen LogP contribution in [0, 0.1) is 0 Å². The zero-order valence-electron chi connectivity index (χ0n) is 14.8. The second kappa shape index (κ2) is 13.4. The molecule has 0 aliphatic heterocycles. The lowest BCUT2D eigenvalue weighted by atomic mass is 10.1. The van der Waals surface area contributed by atoms with E-state index in [0.717, 1.165) is 18.1 Å². The van der Waals surface area contributed by atoms with E-state index in [1.54, 1.807) is 13.3 Å². The standard InChI is InChI=1S/C17H30N4O.HI/c1-5-7-8-9-14(3)21-17(18-6-2)20-13-15-10-11-19-16(12-15)22-4;/h10-12,14H,5-9,13H2,1-4H3,(H2,18,20,21);1H. The molecular formula is C17H31IN4O. The summed E-state index contributed by atoms with van der Waals surface area (Å²) >= 11 is 0. The van der Waals surface area contributed by atoms with E-state index in [1.165, 1.54) is 25.7 Å². The first kappa shape index (κ1) is 21.9. The molecule has 0 amide bonds. The number of unbranched alkanes of at least 4 members (excludes halogenated alkanes) is 2. The Bertz CT molecular complexity index is 454. The molecule has 1 atom stereocenters. The smallest absolute Gasteiger partial charge is 0.213 e. The van der Waals surface area contributed by atoms with E-state index in [-0.39, 0.29) is 24.0 Å². The summed E-state index contributed by atoms with van der Waals surface area (Å²) in [6, 6.07) is 4.30. The van der Waals surface area contributed by atoms with Gasteiger partial charge < -0.3 is 15.4 Å². The average Bonchev–Trinajstić information content (AvgIpc) is 2.53. The maximum absolute atomic E-state index is 5.14. The van der Waals surface area contributed by atoms with E-state index in [4.69, 9.17) is 4.74 Å². The summed E-state index contributed by atoms with van der Waals surface area (Å²) in [5.74, 6) is 1.49. The van der Waals surface area contributed by atoms with Crippen molar-refractivity contribution in [2.75, 3.05) is 13.7 Å². The van der Waals surface area contributed by atoms with Gasteiger partial charge in [0.15, 0.2) is 5.96 Å². The van der Waals surface area contributed by atoms with Gasteiger partial charge in [0.05, 0.1) is 13.7 Å². The molecule has 0 aliphatic rings. The van der Waals surface area contributed by atoms with Crippen LogP contribution < -0.4 is 15.4 Å². The number of nitrogens with zero attached hydrogens (tertiary/aromatic N) is 2. The molecule has 0 fully saturated rings. The summed E-state index contributed by atoms with van der Waals surface area (Å²) in [7, 11) is 1.62. The predicted octanol–water partition coefficient (Wildman–Crippen LogP) is 3.73. The Morgan fingerprint density at radius 3 is 2.78 bits per heavy atom. The van der Waals surface area contributed by atoms with Crippen LogP contribution in [-0.2, 0) is 6.54 Å². The number of halogens is 1. The molecule has 1 unspecified atom stereocenters. The normalized spacial score (nSPS) is 12.3. The van der Waals surface area contributed by atoms with Crippen LogP contribution in [0.4, 0.5) is 0 Å². The van der Waals surface area contributed by atoms with Gasteiger partial charge >= 0.3 is 0 Å². The molecule has 0 aromatic carbocycles. The summed E-state index contributed by atoms with van der Waals surface area (Å²) < 4.78 is 5.14. The number of aliphatic imine (C=N–C) groups is 1. The number of guanidine groups is 1. The van der Waals surface area contributed by atoms with Gasteiger partial charge in [0.2, 0.25) is 5.88 Å². The van der Waals surface area contributed by atoms with Gasteiger partial charge in [-0.2, -0.15) is 0 Å². The van der Waals surface area contributed by atoms with Crippen LogP contribution >= 0.6 is 24.0 Å². The molecule has 0 spiro atoms. The summed E-state index contributed by atoms with van der Waals surface area (Å²) in [5, 5.41) is 6.76. The topological polar surface area (TPSA) is 58.5 Å². The number of ether oxygens (including phenoxy) is 1. The van der Waals surface area contributed by atoms with Crippen LogP contribution in [0.1, 0.15) is 52.0 Å². The van der Waals surface area contributed by atoms with E-state index in [9.17, 15) is 0 Å². The summed E-state index contributed by atoms with van der Waals surface area (Å²) in [4.78, 5) is 8.75. The number of hydrogen-bond donors (Lipinski definition) is 2. The first-order valence-corrected chi connectivity index (χ1v) is 8.23. The summed E-state index contributed by atoms with van der Waals surface area (Å²) in [6.45, 7) is 7.97. The lowest BCUT2D eigenvalue weighted by Gasteiger charge is -2.17. The van der Waals surface area contributed by atoms with Crippen LogP contribution in [-0.4, -0.2) is 30.6 Å². The van der Waals surface area contributed by atoms with E-state index in [0.29, 0.717) is 18.5 Å². The van der Waals surface area contributed by atoms with Gasteiger partial charge in [-0.15, -0.1) is 24.0 Å². The number of pyridine rings is 1. The lowest BCUT2D eigenvalue weighted by Crippen LogP contribution is -2.42. The molecule has 1 heterocycles. The maximum Gasteiger partial charge on any atom is 0.213 e. The molecule has 6 heteroatoms. The molecule has 0 radical (unpaired) electrons. The molecule has 1 rings (SSSR count). The number of methoxy groups -OCH3 is 1. The fourth-order valence-electron chi connectivity index (χ4n) is 2.16. The Hall–Kier alpha value is -1.05. The third kappa shape index (κ3) is 9.63. The van der Waals surface area contributed by atoms with Gasteiger partial charge in [-0.25, -0.2) is 9.98 Å². The molecule has 0 aliphatic carbocycles. The third-order valence-corrected chi connectivity index (χ3v) is 3.40. The highest BCUT2D eigenvalue weighted by atomic mass is 127. The van der Waals surface area contributed by atoms with Crippen LogP contribution in [0.15, 0.2) is 23.3 Å². The highest BCUT2D eigenvalue weighted by Gasteiger charge is 2.05. The first-order valence-electron chi connectivity index (χ1n) is 8.23. The van der Waals surface area contributed by atoms with E-state index in [2.05, 4.69) is 41.4 Å². The van der Waals surface area contributed by atoms with E-state index >= 15 is 0 Å². The van der Waals surface area contributed by atoms with Gasteiger partial charge in [-0.1, -0.05) is 26.2 Å². The van der Waals surface area contributed by atoms with Crippen LogP contribution in [0.2, 0.25) is 0 Å².